The highest BCUT2D eigenvalue weighted by Crippen LogP contribution is 2.27. The highest BCUT2D eigenvalue weighted by Gasteiger charge is 2.21. The van der Waals surface area contributed by atoms with Gasteiger partial charge in [-0.05, 0) is 25.2 Å². The van der Waals surface area contributed by atoms with Crippen LogP contribution in [-0.2, 0) is 14.3 Å². The van der Waals surface area contributed by atoms with Crippen LogP contribution in [0.25, 0.3) is 0 Å². The van der Waals surface area contributed by atoms with Crippen LogP contribution in [0.15, 0.2) is 0 Å². The molecule has 2 atom stereocenters. The number of aldehydes is 1. The fraction of sp³-hybridized carbons (Fsp3) is 0.900. The van der Waals surface area contributed by atoms with Crippen LogP contribution in [0, 0.1) is 5.92 Å². The first-order valence-electron chi connectivity index (χ1n) is 4.91. The maximum atomic E-state index is 10.3. The number of ether oxygens (including phenoxy) is 2. The zero-order valence-corrected chi connectivity index (χ0v) is 8.20. The predicted octanol–water partition coefficient (Wildman–Crippen LogP) is 1.75. The lowest BCUT2D eigenvalue weighted by Gasteiger charge is -2.27. The lowest BCUT2D eigenvalue weighted by atomic mass is 9.85. The van der Waals surface area contributed by atoms with Gasteiger partial charge in [-0.3, -0.25) is 0 Å². The van der Waals surface area contributed by atoms with Crippen molar-refractivity contribution in [1.82, 2.24) is 0 Å². The molecule has 0 spiro atoms. The van der Waals surface area contributed by atoms with Crippen molar-refractivity contribution in [2.45, 2.75) is 38.2 Å². The van der Waals surface area contributed by atoms with E-state index < -0.39 is 0 Å². The molecule has 3 nitrogen and oxygen atoms in total. The molecule has 0 aromatic heterocycles. The molecule has 0 aromatic carbocycles. The molecule has 76 valence electrons. The van der Waals surface area contributed by atoms with Gasteiger partial charge in [0.2, 0.25) is 0 Å². The molecule has 0 amide bonds. The fourth-order valence-corrected chi connectivity index (χ4v) is 1.91. The van der Waals surface area contributed by atoms with E-state index in [1.807, 2.05) is 0 Å². The van der Waals surface area contributed by atoms with Gasteiger partial charge in [0.05, 0.1) is 6.10 Å². The van der Waals surface area contributed by atoms with Crippen LogP contribution in [0.5, 0.6) is 0 Å². The zero-order valence-electron chi connectivity index (χ0n) is 8.20. The van der Waals surface area contributed by atoms with E-state index in [0.717, 1.165) is 19.1 Å². The second-order valence-electron chi connectivity index (χ2n) is 3.63. The Kier molecular flexibility index (Phi) is 5.01. The van der Waals surface area contributed by atoms with Gasteiger partial charge in [-0.25, -0.2) is 0 Å². The second-order valence-corrected chi connectivity index (χ2v) is 3.63. The third kappa shape index (κ3) is 3.87. The van der Waals surface area contributed by atoms with E-state index >= 15 is 0 Å². The van der Waals surface area contributed by atoms with E-state index in [4.69, 9.17) is 9.47 Å². The zero-order chi connectivity index (χ0) is 9.52. The molecule has 0 bridgehead atoms. The molecule has 3 heteroatoms. The van der Waals surface area contributed by atoms with Gasteiger partial charge >= 0.3 is 0 Å². The smallest absolute Gasteiger partial charge is 0.146 e. The van der Waals surface area contributed by atoms with Crippen molar-refractivity contribution in [3.05, 3.63) is 0 Å². The van der Waals surface area contributed by atoms with Gasteiger partial charge in [-0.1, -0.05) is 6.42 Å². The standard InChI is InChI=1S/C10H18O3/c1-12-8-13-10-4-2-3-9(7-10)5-6-11/h6,9-10H,2-5,7-8H2,1H3/t9-,10-/m0/s1. The molecular formula is C10H18O3. The summed E-state index contributed by atoms with van der Waals surface area (Å²) in [4.78, 5) is 10.3. The molecule has 1 saturated carbocycles. The maximum Gasteiger partial charge on any atom is 0.146 e. The third-order valence-electron chi connectivity index (χ3n) is 2.59. The van der Waals surface area contributed by atoms with Gasteiger partial charge in [0.15, 0.2) is 0 Å². The van der Waals surface area contributed by atoms with Crippen LogP contribution in [0.3, 0.4) is 0 Å². The van der Waals surface area contributed by atoms with E-state index in [1.54, 1.807) is 7.11 Å². The lowest BCUT2D eigenvalue weighted by molar-refractivity contribution is -0.110. The molecule has 13 heavy (non-hydrogen) atoms. The molecule has 0 heterocycles. The Hall–Kier alpha value is -0.410. The Morgan fingerprint density at radius 3 is 3.00 bits per heavy atom. The second kappa shape index (κ2) is 6.11. The minimum absolute atomic E-state index is 0.304. The van der Waals surface area contributed by atoms with Crippen molar-refractivity contribution in [1.29, 1.82) is 0 Å². The first-order valence-corrected chi connectivity index (χ1v) is 4.91. The summed E-state index contributed by atoms with van der Waals surface area (Å²) < 4.78 is 10.3. The van der Waals surface area contributed by atoms with Gasteiger partial charge < -0.3 is 14.3 Å². The first-order chi connectivity index (χ1) is 6.36. The van der Waals surface area contributed by atoms with Gasteiger partial charge in [0, 0.05) is 13.5 Å². The van der Waals surface area contributed by atoms with Gasteiger partial charge in [0.25, 0.3) is 0 Å². The van der Waals surface area contributed by atoms with Crippen molar-refractivity contribution < 1.29 is 14.3 Å². The Bertz CT molecular complexity index is 147. The van der Waals surface area contributed by atoms with Crippen LogP contribution >= 0.6 is 0 Å². The normalized spacial score (nSPS) is 28.7. The van der Waals surface area contributed by atoms with E-state index in [-0.39, 0.29) is 0 Å². The van der Waals surface area contributed by atoms with E-state index in [2.05, 4.69) is 0 Å². The van der Waals surface area contributed by atoms with Crippen LogP contribution in [0.4, 0.5) is 0 Å². The molecule has 1 aliphatic rings. The average Bonchev–Trinajstić information content (AvgIpc) is 2.16. The summed E-state index contributed by atoms with van der Waals surface area (Å²) in [7, 11) is 1.63. The van der Waals surface area contributed by atoms with Crippen molar-refractivity contribution in [3.63, 3.8) is 0 Å². The maximum absolute atomic E-state index is 10.3. The monoisotopic (exact) mass is 186 g/mol. The minimum atomic E-state index is 0.304. The summed E-state index contributed by atoms with van der Waals surface area (Å²) >= 11 is 0. The van der Waals surface area contributed by atoms with Crippen molar-refractivity contribution in [3.8, 4) is 0 Å². The Morgan fingerprint density at radius 2 is 2.31 bits per heavy atom. The predicted molar refractivity (Wildman–Crippen MR) is 49.4 cm³/mol. The molecular weight excluding hydrogens is 168 g/mol. The van der Waals surface area contributed by atoms with Crippen molar-refractivity contribution in [2.75, 3.05) is 13.9 Å². The van der Waals surface area contributed by atoms with E-state index in [0.29, 0.717) is 25.2 Å². The Morgan fingerprint density at radius 1 is 1.46 bits per heavy atom. The van der Waals surface area contributed by atoms with Crippen LogP contribution in [0.2, 0.25) is 0 Å². The summed E-state index contributed by atoms with van der Waals surface area (Å²) in [6, 6.07) is 0. The number of rotatable bonds is 5. The molecule has 0 aliphatic heterocycles. The Balaban J connectivity index is 2.20. The minimum Gasteiger partial charge on any atom is -0.359 e. The lowest BCUT2D eigenvalue weighted by Crippen LogP contribution is -2.23. The van der Waals surface area contributed by atoms with Gasteiger partial charge in [0.1, 0.15) is 13.1 Å². The van der Waals surface area contributed by atoms with Crippen molar-refractivity contribution >= 4 is 6.29 Å². The summed E-state index contributed by atoms with van der Waals surface area (Å²) in [6.07, 6.45) is 6.48. The fourth-order valence-electron chi connectivity index (χ4n) is 1.91. The number of hydrogen-bond acceptors (Lipinski definition) is 3. The van der Waals surface area contributed by atoms with Gasteiger partial charge in [-0.2, -0.15) is 0 Å². The number of carbonyl (C=O) groups excluding carboxylic acids is 1. The van der Waals surface area contributed by atoms with Crippen LogP contribution < -0.4 is 0 Å². The molecule has 0 aromatic rings. The largest absolute Gasteiger partial charge is 0.359 e. The molecule has 0 radical (unpaired) electrons. The molecule has 0 unspecified atom stereocenters. The molecule has 1 rings (SSSR count). The summed E-state index contributed by atoms with van der Waals surface area (Å²) in [5.41, 5.74) is 0. The van der Waals surface area contributed by atoms with Crippen molar-refractivity contribution in [2.24, 2.45) is 5.92 Å². The molecule has 0 saturated heterocycles. The summed E-state index contributed by atoms with van der Waals surface area (Å²) in [5.74, 6) is 0.535. The molecule has 1 fully saturated rings. The topological polar surface area (TPSA) is 35.5 Å². The number of carbonyl (C=O) groups is 1. The highest BCUT2D eigenvalue weighted by molar-refractivity contribution is 5.49. The molecule has 0 N–H and O–H groups in total. The van der Waals surface area contributed by atoms with E-state index in [9.17, 15) is 4.79 Å². The summed E-state index contributed by atoms with van der Waals surface area (Å²) in [5, 5.41) is 0. The quantitative estimate of drug-likeness (QED) is 0.484. The Labute approximate surface area is 79.4 Å². The average molecular weight is 186 g/mol. The number of methoxy groups -OCH3 is 1. The SMILES string of the molecule is COCO[C@H]1CCC[C@@H](CC=O)C1. The van der Waals surface area contributed by atoms with E-state index in [1.165, 1.54) is 12.8 Å². The van der Waals surface area contributed by atoms with Gasteiger partial charge in [-0.15, -0.1) is 0 Å². The van der Waals surface area contributed by atoms with Crippen LogP contribution in [0.1, 0.15) is 32.1 Å². The summed E-state index contributed by atoms with van der Waals surface area (Å²) in [6.45, 7) is 0.373. The van der Waals surface area contributed by atoms with Crippen LogP contribution in [-0.4, -0.2) is 26.3 Å². The highest BCUT2D eigenvalue weighted by atomic mass is 16.7. The number of hydrogen-bond donors (Lipinski definition) is 0. The first kappa shape index (κ1) is 10.7. The third-order valence-corrected chi connectivity index (χ3v) is 2.59. The molecule has 1 aliphatic carbocycles.